The minimum atomic E-state index is -0.165. The van der Waals surface area contributed by atoms with Gasteiger partial charge < -0.3 is 10.1 Å². The first-order valence-electron chi connectivity index (χ1n) is 7.74. The van der Waals surface area contributed by atoms with Crippen LogP contribution < -0.4 is 10.1 Å². The lowest BCUT2D eigenvalue weighted by atomic mass is 10.2. The van der Waals surface area contributed by atoms with Crippen molar-refractivity contribution in [3.8, 4) is 11.4 Å². The molecule has 1 aliphatic heterocycles. The fourth-order valence-corrected chi connectivity index (χ4v) is 3.51. The molecule has 0 aliphatic carbocycles. The molecule has 7 nitrogen and oxygen atoms in total. The van der Waals surface area contributed by atoms with Crippen LogP contribution in [0, 0.1) is 0 Å². The van der Waals surface area contributed by atoms with E-state index in [0.717, 1.165) is 37.2 Å². The van der Waals surface area contributed by atoms with E-state index in [1.807, 2.05) is 31.2 Å². The van der Waals surface area contributed by atoms with E-state index in [2.05, 4.69) is 20.8 Å². The topological polar surface area (TPSA) is 81.9 Å². The first-order chi connectivity index (χ1) is 11.3. The highest BCUT2D eigenvalue weighted by Gasteiger charge is 2.25. The number of para-hydroxylation sites is 2. The molecular weight excluding hydrogens is 314 g/mol. The number of tetrazole rings is 1. The Balaban J connectivity index is 1.86. The van der Waals surface area contributed by atoms with Crippen LogP contribution in [0.15, 0.2) is 29.4 Å². The fraction of sp³-hybridized carbons (Fsp3) is 0.467. The minimum absolute atomic E-state index is 0.0557. The van der Waals surface area contributed by atoms with Gasteiger partial charge in [0.05, 0.1) is 11.9 Å². The van der Waals surface area contributed by atoms with Gasteiger partial charge in [0.15, 0.2) is 0 Å². The maximum Gasteiger partial charge on any atom is 0.233 e. The Hall–Kier alpha value is -2.09. The normalized spacial score (nSPS) is 18.3. The standard InChI is InChI=1S/C15H19N5O2S/c1-2-22-12-8-4-3-7-11(12)20-15(17-18-19-20)23-13-9-5-6-10-16-14(13)21/h3-4,7-8,13H,2,5-6,9-10H2,1H3,(H,16,21)/t13-/m1/s1. The first-order valence-corrected chi connectivity index (χ1v) is 8.62. The molecule has 1 N–H and O–H groups in total. The number of ether oxygens (including phenoxy) is 1. The predicted molar refractivity (Wildman–Crippen MR) is 86.8 cm³/mol. The summed E-state index contributed by atoms with van der Waals surface area (Å²) in [5, 5.41) is 15.3. The van der Waals surface area contributed by atoms with Crippen LogP contribution >= 0.6 is 11.8 Å². The maximum atomic E-state index is 12.1. The summed E-state index contributed by atoms with van der Waals surface area (Å²) in [6, 6.07) is 7.60. The molecule has 1 aliphatic rings. The summed E-state index contributed by atoms with van der Waals surface area (Å²) in [5.74, 6) is 0.773. The van der Waals surface area contributed by atoms with Crippen molar-refractivity contribution in [1.29, 1.82) is 0 Å². The van der Waals surface area contributed by atoms with Crippen LogP contribution in [0.4, 0.5) is 0 Å². The summed E-state index contributed by atoms with van der Waals surface area (Å²) in [7, 11) is 0. The molecule has 8 heteroatoms. The van der Waals surface area contributed by atoms with E-state index in [-0.39, 0.29) is 11.2 Å². The van der Waals surface area contributed by atoms with Crippen molar-refractivity contribution in [2.24, 2.45) is 0 Å². The van der Waals surface area contributed by atoms with Gasteiger partial charge in [-0.1, -0.05) is 30.3 Å². The van der Waals surface area contributed by atoms with Crippen molar-refractivity contribution in [1.82, 2.24) is 25.5 Å². The summed E-state index contributed by atoms with van der Waals surface area (Å²) >= 11 is 1.40. The highest BCUT2D eigenvalue weighted by atomic mass is 32.2. The zero-order valence-electron chi connectivity index (χ0n) is 12.9. The van der Waals surface area contributed by atoms with Gasteiger partial charge in [-0.15, -0.1) is 5.10 Å². The third kappa shape index (κ3) is 3.64. The third-order valence-electron chi connectivity index (χ3n) is 3.57. The molecule has 0 bridgehead atoms. The maximum absolute atomic E-state index is 12.1. The number of hydrogen-bond acceptors (Lipinski definition) is 6. The average Bonchev–Trinajstić information content (AvgIpc) is 2.92. The molecule has 1 aromatic carbocycles. The summed E-state index contributed by atoms with van der Waals surface area (Å²) in [6.45, 7) is 3.24. The van der Waals surface area contributed by atoms with Gasteiger partial charge in [-0.25, -0.2) is 0 Å². The molecule has 0 spiro atoms. The molecule has 1 atom stereocenters. The van der Waals surface area contributed by atoms with E-state index < -0.39 is 0 Å². The highest BCUT2D eigenvalue weighted by Crippen LogP contribution is 2.30. The monoisotopic (exact) mass is 333 g/mol. The van der Waals surface area contributed by atoms with Crippen LogP contribution in [0.3, 0.4) is 0 Å². The molecule has 2 heterocycles. The second-order valence-corrected chi connectivity index (χ2v) is 6.34. The summed E-state index contributed by atoms with van der Waals surface area (Å²) in [5.41, 5.74) is 0.774. The van der Waals surface area contributed by atoms with Gasteiger partial charge in [0.1, 0.15) is 11.4 Å². The van der Waals surface area contributed by atoms with Crippen LogP contribution in [0.25, 0.3) is 5.69 Å². The molecule has 1 saturated heterocycles. The van der Waals surface area contributed by atoms with Crippen LogP contribution in [0.2, 0.25) is 0 Å². The molecule has 0 radical (unpaired) electrons. The largest absolute Gasteiger partial charge is 0.492 e. The van der Waals surface area contributed by atoms with Crippen molar-refractivity contribution in [2.45, 2.75) is 36.6 Å². The molecular formula is C15H19N5O2S. The number of aromatic nitrogens is 4. The summed E-state index contributed by atoms with van der Waals surface area (Å²) < 4.78 is 7.27. The molecule has 23 heavy (non-hydrogen) atoms. The number of benzene rings is 1. The minimum Gasteiger partial charge on any atom is -0.492 e. The fourth-order valence-electron chi connectivity index (χ4n) is 2.46. The van der Waals surface area contributed by atoms with Crippen molar-refractivity contribution in [2.75, 3.05) is 13.2 Å². The number of nitrogens with one attached hydrogen (secondary N) is 1. The zero-order valence-corrected chi connectivity index (χ0v) is 13.8. The lowest BCUT2D eigenvalue weighted by Crippen LogP contribution is -2.30. The van der Waals surface area contributed by atoms with E-state index in [0.29, 0.717) is 11.8 Å². The Morgan fingerprint density at radius 1 is 1.39 bits per heavy atom. The van der Waals surface area contributed by atoms with Crippen LogP contribution in [-0.2, 0) is 4.79 Å². The number of carbonyl (C=O) groups is 1. The molecule has 1 aromatic heterocycles. The van der Waals surface area contributed by atoms with Gasteiger partial charge in [-0.2, -0.15) is 4.68 Å². The Bertz CT molecular complexity index is 675. The van der Waals surface area contributed by atoms with Crippen LogP contribution in [0.5, 0.6) is 5.75 Å². The van der Waals surface area contributed by atoms with E-state index in [1.54, 1.807) is 4.68 Å². The number of hydrogen-bond donors (Lipinski definition) is 1. The van der Waals surface area contributed by atoms with Gasteiger partial charge in [0, 0.05) is 6.54 Å². The van der Waals surface area contributed by atoms with Crippen molar-refractivity contribution in [3.63, 3.8) is 0 Å². The molecule has 0 saturated carbocycles. The lowest BCUT2D eigenvalue weighted by Gasteiger charge is -2.13. The quantitative estimate of drug-likeness (QED) is 0.899. The van der Waals surface area contributed by atoms with Gasteiger partial charge in [0.2, 0.25) is 11.1 Å². The first kappa shape index (κ1) is 15.8. The Morgan fingerprint density at radius 3 is 3.13 bits per heavy atom. The SMILES string of the molecule is CCOc1ccccc1-n1nnnc1S[C@@H]1CCCCNC1=O. The number of thioether (sulfide) groups is 1. The van der Waals surface area contributed by atoms with E-state index in [1.165, 1.54) is 11.8 Å². The number of rotatable bonds is 5. The Kier molecular flexibility index (Phi) is 5.12. The van der Waals surface area contributed by atoms with Crippen molar-refractivity contribution >= 4 is 17.7 Å². The van der Waals surface area contributed by atoms with Gasteiger partial charge in [0.25, 0.3) is 0 Å². The number of nitrogens with zero attached hydrogens (tertiary/aromatic N) is 4. The average molecular weight is 333 g/mol. The highest BCUT2D eigenvalue weighted by molar-refractivity contribution is 8.00. The molecule has 2 aromatic rings. The molecule has 1 amide bonds. The van der Waals surface area contributed by atoms with Crippen LogP contribution in [-0.4, -0.2) is 44.5 Å². The van der Waals surface area contributed by atoms with Crippen molar-refractivity contribution < 1.29 is 9.53 Å². The number of carbonyl (C=O) groups excluding carboxylic acids is 1. The Labute approximate surface area is 138 Å². The summed E-state index contributed by atoms with van der Waals surface area (Å²) in [6.07, 6.45) is 2.87. The van der Waals surface area contributed by atoms with Crippen LogP contribution in [0.1, 0.15) is 26.2 Å². The van der Waals surface area contributed by atoms with Gasteiger partial charge in [-0.05, 0) is 42.3 Å². The second-order valence-electron chi connectivity index (χ2n) is 5.17. The molecule has 3 rings (SSSR count). The predicted octanol–water partition coefficient (Wildman–Crippen LogP) is 1.82. The van der Waals surface area contributed by atoms with Gasteiger partial charge >= 0.3 is 0 Å². The number of amides is 1. The zero-order chi connectivity index (χ0) is 16.1. The third-order valence-corrected chi connectivity index (χ3v) is 4.77. The molecule has 1 fully saturated rings. The van der Waals surface area contributed by atoms with E-state index in [9.17, 15) is 4.79 Å². The molecule has 0 unspecified atom stereocenters. The lowest BCUT2D eigenvalue weighted by molar-refractivity contribution is -0.120. The molecule has 122 valence electrons. The Morgan fingerprint density at radius 2 is 2.26 bits per heavy atom. The smallest absolute Gasteiger partial charge is 0.233 e. The van der Waals surface area contributed by atoms with Gasteiger partial charge in [-0.3, -0.25) is 4.79 Å². The second kappa shape index (κ2) is 7.45. The summed E-state index contributed by atoms with van der Waals surface area (Å²) in [4.78, 5) is 12.1. The van der Waals surface area contributed by atoms with Crippen molar-refractivity contribution in [3.05, 3.63) is 24.3 Å². The van der Waals surface area contributed by atoms with E-state index in [4.69, 9.17) is 4.74 Å². The van der Waals surface area contributed by atoms with E-state index >= 15 is 0 Å².